The second kappa shape index (κ2) is 7.66. The molecule has 7 heteroatoms. The molecule has 1 N–H and O–H groups in total. The van der Waals surface area contributed by atoms with Gasteiger partial charge in [0.1, 0.15) is 0 Å². The summed E-state index contributed by atoms with van der Waals surface area (Å²) in [6, 6.07) is 16.1. The van der Waals surface area contributed by atoms with E-state index in [1.165, 1.54) is 11.8 Å². The third-order valence-corrected chi connectivity index (χ3v) is 5.56. The number of aromatic nitrogens is 3. The van der Waals surface area contributed by atoms with Crippen LogP contribution in [0, 0.1) is 6.92 Å². The largest absolute Gasteiger partial charge is 0.359 e. The Kier molecular flexibility index (Phi) is 5.07. The van der Waals surface area contributed by atoms with Crippen LogP contribution in [0.15, 0.2) is 70.7 Å². The molecule has 0 radical (unpaired) electrons. The molecular formula is C21H16ClN3O2S. The monoisotopic (exact) mass is 409 g/mol. The first kappa shape index (κ1) is 18.5. The van der Waals surface area contributed by atoms with Crippen LogP contribution in [0.3, 0.4) is 0 Å². The van der Waals surface area contributed by atoms with Crippen molar-refractivity contribution < 1.29 is 4.79 Å². The average molecular weight is 410 g/mol. The molecule has 0 saturated heterocycles. The van der Waals surface area contributed by atoms with Gasteiger partial charge in [-0.05, 0) is 48.9 Å². The van der Waals surface area contributed by atoms with Gasteiger partial charge in [-0.3, -0.25) is 14.2 Å². The predicted octanol–water partition coefficient (Wildman–Crippen LogP) is 4.65. The second-order valence-electron chi connectivity index (χ2n) is 6.28. The molecule has 0 aliphatic carbocycles. The van der Waals surface area contributed by atoms with E-state index in [2.05, 4.69) is 9.97 Å². The molecule has 0 bridgehead atoms. The maximum Gasteiger partial charge on any atom is 0.266 e. The van der Waals surface area contributed by atoms with Gasteiger partial charge in [0.05, 0.1) is 28.0 Å². The number of carbonyl (C=O) groups is 1. The van der Waals surface area contributed by atoms with Crippen molar-refractivity contribution in [2.45, 2.75) is 12.1 Å². The summed E-state index contributed by atoms with van der Waals surface area (Å²) in [6.45, 7) is 1.94. The summed E-state index contributed by atoms with van der Waals surface area (Å²) in [6.07, 6.45) is 1.71. The van der Waals surface area contributed by atoms with Crippen LogP contribution < -0.4 is 5.56 Å². The summed E-state index contributed by atoms with van der Waals surface area (Å²) in [5.41, 5.74) is 2.54. The zero-order valence-electron chi connectivity index (χ0n) is 15.0. The van der Waals surface area contributed by atoms with Gasteiger partial charge in [-0.25, -0.2) is 4.98 Å². The van der Waals surface area contributed by atoms with Gasteiger partial charge in [0.25, 0.3) is 5.56 Å². The number of benzene rings is 2. The number of hydrogen-bond acceptors (Lipinski definition) is 4. The molecule has 2 aromatic carbocycles. The van der Waals surface area contributed by atoms with Crippen molar-refractivity contribution in [3.8, 4) is 5.69 Å². The summed E-state index contributed by atoms with van der Waals surface area (Å²) < 4.78 is 1.57. The first-order valence-corrected chi connectivity index (χ1v) is 9.98. The normalized spacial score (nSPS) is 11.1. The molecule has 4 aromatic rings. The van der Waals surface area contributed by atoms with Crippen molar-refractivity contribution in [2.24, 2.45) is 0 Å². The van der Waals surface area contributed by atoms with Gasteiger partial charge in [-0.15, -0.1) is 0 Å². The molecule has 0 spiro atoms. The van der Waals surface area contributed by atoms with E-state index < -0.39 is 0 Å². The van der Waals surface area contributed by atoms with Crippen molar-refractivity contribution in [1.82, 2.24) is 14.5 Å². The van der Waals surface area contributed by atoms with Gasteiger partial charge in [0.15, 0.2) is 10.9 Å². The number of fused-ring (bicyclic) bond motifs is 1. The van der Waals surface area contributed by atoms with Crippen molar-refractivity contribution in [3.05, 3.63) is 87.4 Å². The van der Waals surface area contributed by atoms with Gasteiger partial charge >= 0.3 is 0 Å². The lowest BCUT2D eigenvalue weighted by atomic mass is 10.2. The summed E-state index contributed by atoms with van der Waals surface area (Å²) in [5, 5.41) is 1.44. The summed E-state index contributed by atoms with van der Waals surface area (Å²) >= 11 is 7.32. The Morgan fingerprint density at radius 3 is 2.75 bits per heavy atom. The Morgan fingerprint density at radius 1 is 1.18 bits per heavy atom. The molecule has 0 aliphatic heterocycles. The van der Waals surface area contributed by atoms with Crippen LogP contribution in [0.2, 0.25) is 5.02 Å². The molecule has 0 unspecified atom stereocenters. The Hall–Kier alpha value is -2.83. The van der Waals surface area contributed by atoms with Crippen molar-refractivity contribution >= 4 is 40.0 Å². The Balaban J connectivity index is 1.85. The number of aromatic amines is 1. The highest BCUT2D eigenvalue weighted by Crippen LogP contribution is 2.25. The van der Waals surface area contributed by atoms with E-state index in [9.17, 15) is 9.59 Å². The fraction of sp³-hybridized carbons (Fsp3) is 0.0952. The van der Waals surface area contributed by atoms with Crippen molar-refractivity contribution in [1.29, 1.82) is 0 Å². The fourth-order valence-corrected chi connectivity index (χ4v) is 4.03. The minimum Gasteiger partial charge on any atom is -0.359 e. The Morgan fingerprint density at radius 2 is 2.00 bits per heavy atom. The summed E-state index contributed by atoms with van der Waals surface area (Å²) in [5.74, 6) is 0.0945. The van der Waals surface area contributed by atoms with Crippen LogP contribution in [0.4, 0.5) is 0 Å². The maximum atomic E-state index is 13.3. The molecule has 0 fully saturated rings. The number of carbonyl (C=O) groups excluding carboxylic acids is 1. The van der Waals surface area contributed by atoms with Crippen LogP contribution in [-0.4, -0.2) is 26.1 Å². The Labute approximate surface area is 170 Å². The van der Waals surface area contributed by atoms with Gasteiger partial charge in [0.2, 0.25) is 0 Å². The molecule has 0 amide bonds. The van der Waals surface area contributed by atoms with E-state index in [4.69, 9.17) is 11.6 Å². The number of thioether (sulfide) groups is 1. The second-order valence-corrected chi connectivity index (χ2v) is 7.66. The molecule has 0 atom stereocenters. The van der Waals surface area contributed by atoms with E-state index in [1.807, 2.05) is 31.2 Å². The van der Waals surface area contributed by atoms with Gasteiger partial charge in [-0.1, -0.05) is 41.6 Å². The number of H-pyrrole nitrogens is 1. The smallest absolute Gasteiger partial charge is 0.266 e. The molecule has 2 aromatic heterocycles. The molecule has 0 saturated carbocycles. The number of nitrogens with one attached hydrogen (secondary N) is 1. The van der Waals surface area contributed by atoms with Gasteiger partial charge in [0, 0.05) is 11.2 Å². The van der Waals surface area contributed by atoms with Crippen LogP contribution in [0.1, 0.15) is 16.1 Å². The number of ketones is 1. The summed E-state index contributed by atoms with van der Waals surface area (Å²) in [7, 11) is 0. The van der Waals surface area contributed by atoms with Crippen LogP contribution in [-0.2, 0) is 0 Å². The zero-order valence-corrected chi connectivity index (χ0v) is 16.6. The molecule has 140 valence electrons. The van der Waals surface area contributed by atoms with E-state index in [0.717, 1.165) is 11.3 Å². The number of para-hydroxylation sites is 1. The number of halogens is 1. The SMILES string of the molecule is Cc1ccccc1-n1c(SCC(=O)c2ccc[nH]2)nc2cc(Cl)ccc2c1=O. The minimum atomic E-state index is -0.189. The van der Waals surface area contributed by atoms with E-state index in [1.54, 1.807) is 41.1 Å². The quantitative estimate of drug-likeness (QED) is 0.296. The molecule has 5 nitrogen and oxygen atoms in total. The van der Waals surface area contributed by atoms with Gasteiger partial charge < -0.3 is 4.98 Å². The lowest BCUT2D eigenvalue weighted by Crippen LogP contribution is -2.23. The number of nitrogens with zero attached hydrogens (tertiary/aromatic N) is 2. The minimum absolute atomic E-state index is 0.0632. The van der Waals surface area contributed by atoms with E-state index in [0.29, 0.717) is 26.8 Å². The number of hydrogen-bond donors (Lipinski definition) is 1. The molecule has 2 heterocycles. The number of rotatable bonds is 5. The molecule has 0 aliphatic rings. The standard InChI is InChI=1S/C21H16ClN3O2S/c1-13-5-2-3-7-18(13)25-20(27)15-9-8-14(22)11-17(15)24-21(25)28-12-19(26)16-6-4-10-23-16/h2-11,23H,12H2,1H3. The number of aryl methyl sites for hydroxylation is 1. The lowest BCUT2D eigenvalue weighted by Gasteiger charge is -2.15. The topological polar surface area (TPSA) is 67.8 Å². The average Bonchev–Trinajstić information content (AvgIpc) is 3.22. The molecule has 28 heavy (non-hydrogen) atoms. The van der Waals surface area contributed by atoms with Crippen molar-refractivity contribution in [3.63, 3.8) is 0 Å². The Bertz CT molecular complexity index is 1230. The highest BCUT2D eigenvalue weighted by molar-refractivity contribution is 7.99. The van der Waals surface area contributed by atoms with E-state index in [-0.39, 0.29) is 17.1 Å². The molecular weight excluding hydrogens is 394 g/mol. The van der Waals surface area contributed by atoms with Gasteiger partial charge in [-0.2, -0.15) is 0 Å². The first-order valence-electron chi connectivity index (χ1n) is 8.62. The predicted molar refractivity (Wildman–Crippen MR) is 113 cm³/mol. The third-order valence-electron chi connectivity index (χ3n) is 4.39. The van der Waals surface area contributed by atoms with Crippen LogP contribution in [0.5, 0.6) is 0 Å². The zero-order chi connectivity index (χ0) is 19.7. The maximum absolute atomic E-state index is 13.3. The highest BCUT2D eigenvalue weighted by atomic mass is 35.5. The number of Topliss-reactive ketones (excluding diaryl/α,β-unsaturated/α-hetero) is 1. The van der Waals surface area contributed by atoms with Crippen LogP contribution >= 0.6 is 23.4 Å². The summed E-state index contributed by atoms with van der Waals surface area (Å²) in [4.78, 5) is 33.2. The van der Waals surface area contributed by atoms with E-state index >= 15 is 0 Å². The fourth-order valence-electron chi connectivity index (χ4n) is 2.97. The van der Waals surface area contributed by atoms with Crippen molar-refractivity contribution in [2.75, 3.05) is 5.75 Å². The third kappa shape index (κ3) is 3.48. The molecule has 4 rings (SSSR count). The highest BCUT2D eigenvalue weighted by Gasteiger charge is 2.17. The lowest BCUT2D eigenvalue weighted by molar-refractivity contribution is 0.101. The van der Waals surface area contributed by atoms with Crippen LogP contribution in [0.25, 0.3) is 16.6 Å². The first-order chi connectivity index (χ1) is 13.5.